The molecule has 20 heavy (non-hydrogen) atoms. The highest BCUT2D eigenvalue weighted by Gasteiger charge is 2.15. The van der Waals surface area contributed by atoms with Crippen molar-refractivity contribution in [3.8, 4) is 5.75 Å². The van der Waals surface area contributed by atoms with E-state index >= 15 is 0 Å². The number of carbonyl (C=O) groups excluding carboxylic acids is 1. The van der Waals surface area contributed by atoms with Crippen LogP contribution in [0.2, 0.25) is 0 Å². The summed E-state index contributed by atoms with van der Waals surface area (Å²) >= 11 is 0. The molecule has 0 aliphatic rings. The Morgan fingerprint density at radius 3 is 2.90 bits per heavy atom. The van der Waals surface area contributed by atoms with Crippen molar-refractivity contribution in [2.75, 3.05) is 0 Å². The summed E-state index contributed by atoms with van der Waals surface area (Å²) < 4.78 is 6.50. The Morgan fingerprint density at radius 1 is 1.55 bits per heavy atom. The highest BCUT2D eigenvalue weighted by Crippen LogP contribution is 2.15. The first kappa shape index (κ1) is 13.8. The van der Waals surface area contributed by atoms with Crippen LogP contribution in [0, 0.1) is 6.92 Å². The zero-order chi connectivity index (χ0) is 14.7. The van der Waals surface area contributed by atoms with E-state index in [0.29, 0.717) is 5.69 Å². The number of aromatic nitrogens is 2. The zero-order valence-corrected chi connectivity index (χ0v) is 11.2. The molecule has 0 saturated heterocycles. The average Bonchev–Trinajstić information content (AvgIpc) is 2.83. The molecule has 0 fully saturated rings. The summed E-state index contributed by atoms with van der Waals surface area (Å²) in [5.74, 6) is -0.760. The largest absolute Gasteiger partial charge is 0.507 e. The van der Waals surface area contributed by atoms with Crippen LogP contribution >= 0.6 is 0 Å². The fraction of sp³-hybridized carbons (Fsp3) is 0.214. The molecule has 0 saturated carbocycles. The first-order chi connectivity index (χ1) is 9.51. The molecule has 0 atom stereocenters. The van der Waals surface area contributed by atoms with Crippen molar-refractivity contribution in [2.45, 2.75) is 20.4 Å². The lowest BCUT2D eigenvalue weighted by molar-refractivity contribution is 0.104. The second-order valence-electron chi connectivity index (χ2n) is 4.20. The van der Waals surface area contributed by atoms with Crippen LogP contribution in [-0.2, 0) is 6.54 Å². The molecule has 2 rings (SSSR count). The van der Waals surface area contributed by atoms with E-state index in [0.717, 1.165) is 6.54 Å². The third-order valence-electron chi connectivity index (χ3n) is 2.69. The van der Waals surface area contributed by atoms with Gasteiger partial charge >= 0.3 is 5.63 Å². The summed E-state index contributed by atoms with van der Waals surface area (Å²) in [6.45, 7) is 4.19. The lowest BCUT2D eigenvalue weighted by Crippen LogP contribution is -2.12. The molecule has 0 bridgehead atoms. The van der Waals surface area contributed by atoms with E-state index in [9.17, 15) is 14.7 Å². The molecule has 0 aliphatic heterocycles. The zero-order valence-electron chi connectivity index (χ0n) is 11.2. The van der Waals surface area contributed by atoms with Gasteiger partial charge in [-0.2, -0.15) is 5.10 Å². The van der Waals surface area contributed by atoms with Gasteiger partial charge in [0.05, 0.1) is 5.69 Å². The first-order valence-electron chi connectivity index (χ1n) is 6.11. The third-order valence-corrected chi connectivity index (χ3v) is 2.69. The van der Waals surface area contributed by atoms with Crippen LogP contribution in [0.25, 0.3) is 6.08 Å². The van der Waals surface area contributed by atoms with Gasteiger partial charge in [0.25, 0.3) is 0 Å². The number of rotatable bonds is 4. The number of allylic oxidation sites excluding steroid dienone is 1. The van der Waals surface area contributed by atoms with Crippen LogP contribution in [0.1, 0.15) is 28.7 Å². The number of hydrogen-bond donors (Lipinski definition) is 1. The third kappa shape index (κ3) is 2.85. The first-order valence-corrected chi connectivity index (χ1v) is 6.11. The van der Waals surface area contributed by atoms with E-state index in [1.165, 1.54) is 25.1 Å². The summed E-state index contributed by atoms with van der Waals surface area (Å²) in [5, 5.41) is 13.8. The molecule has 0 amide bonds. The van der Waals surface area contributed by atoms with Crippen molar-refractivity contribution in [1.82, 2.24) is 9.78 Å². The summed E-state index contributed by atoms with van der Waals surface area (Å²) in [7, 11) is 0. The van der Waals surface area contributed by atoms with Gasteiger partial charge in [-0.05, 0) is 32.1 Å². The van der Waals surface area contributed by atoms with Gasteiger partial charge in [-0.25, -0.2) is 4.79 Å². The van der Waals surface area contributed by atoms with Crippen molar-refractivity contribution in [3.05, 3.63) is 51.8 Å². The Balaban J connectivity index is 2.26. The van der Waals surface area contributed by atoms with Gasteiger partial charge in [-0.3, -0.25) is 9.48 Å². The topological polar surface area (TPSA) is 85.3 Å². The molecular weight excluding hydrogens is 260 g/mol. The molecule has 0 unspecified atom stereocenters. The van der Waals surface area contributed by atoms with Gasteiger partial charge in [0, 0.05) is 18.8 Å². The second-order valence-corrected chi connectivity index (χ2v) is 4.20. The van der Waals surface area contributed by atoms with Crippen LogP contribution < -0.4 is 5.63 Å². The molecule has 0 spiro atoms. The van der Waals surface area contributed by atoms with Gasteiger partial charge < -0.3 is 9.52 Å². The highest BCUT2D eigenvalue weighted by molar-refractivity contribution is 6.08. The minimum Gasteiger partial charge on any atom is -0.507 e. The molecule has 2 aromatic heterocycles. The van der Waals surface area contributed by atoms with Crippen molar-refractivity contribution in [2.24, 2.45) is 0 Å². The van der Waals surface area contributed by atoms with Crippen molar-refractivity contribution in [1.29, 1.82) is 0 Å². The van der Waals surface area contributed by atoms with E-state index in [1.54, 1.807) is 16.9 Å². The van der Waals surface area contributed by atoms with Gasteiger partial charge in [0.1, 0.15) is 17.1 Å². The minimum absolute atomic E-state index is 0.245. The second kappa shape index (κ2) is 5.56. The van der Waals surface area contributed by atoms with E-state index in [-0.39, 0.29) is 17.1 Å². The van der Waals surface area contributed by atoms with Gasteiger partial charge in [0.15, 0.2) is 5.78 Å². The van der Waals surface area contributed by atoms with Crippen LogP contribution in [-0.4, -0.2) is 20.7 Å². The summed E-state index contributed by atoms with van der Waals surface area (Å²) in [6.07, 6.45) is 4.44. The summed E-state index contributed by atoms with van der Waals surface area (Å²) in [4.78, 5) is 23.5. The Bertz CT molecular complexity index is 725. The molecule has 1 N–H and O–H groups in total. The molecule has 2 heterocycles. The predicted molar refractivity (Wildman–Crippen MR) is 72.6 cm³/mol. The minimum atomic E-state index is -0.851. The van der Waals surface area contributed by atoms with Gasteiger partial charge in [0.2, 0.25) is 0 Å². The maximum Gasteiger partial charge on any atom is 0.351 e. The number of hydrogen-bond acceptors (Lipinski definition) is 5. The Kier molecular flexibility index (Phi) is 3.84. The smallest absolute Gasteiger partial charge is 0.351 e. The van der Waals surface area contributed by atoms with Gasteiger partial charge in [-0.15, -0.1) is 0 Å². The van der Waals surface area contributed by atoms with Crippen LogP contribution in [0.3, 0.4) is 0 Å². The average molecular weight is 274 g/mol. The SMILES string of the molecule is CCn1ccc(C=CC(=O)c2c(O)cc(C)oc2=O)n1. The van der Waals surface area contributed by atoms with Gasteiger partial charge in [-0.1, -0.05) is 0 Å². The Hall–Kier alpha value is -2.63. The maximum absolute atomic E-state index is 11.9. The molecular formula is C14H14N2O4. The number of ketones is 1. The monoisotopic (exact) mass is 274 g/mol. The molecule has 2 aromatic rings. The maximum atomic E-state index is 11.9. The molecule has 0 aliphatic carbocycles. The molecule has 6 nitrogen and oxygen atoms in total. The fourth-order valence-electron chi connectivity index (χ4n) is 1.71. The molecule has 104 valence electrons. The van der Waals surface area contributed by atoms with Crippen molar-refractivity contribution in [3.63, 3.8) is 0 Å². The number of aromatic hydroxyl groups is 1. The predicted octanol–water partition coefficient (Wildman–Crippen LogP) is 1.77. The van der Waals surface area contributed by atoms with E-state index in [1.807, 2.05) is 6.92 Å². The number of carbonyl (C=O) groups is 1. The van der Waals surface area contributed by atoms with E-state index < -0.39 is 11.4 Å². The van der Waals surface area contributed by atoms with E-state index in [4.69, 9.17) is 4.42 Å². The lowest BCUT2D eigenvalue weighted by Gasteiger charge is -1.99. The highest BCUT2D eigenvalue weighted by atomic mass is 16.4. The molecule has 6 heteroatoms. The summed E-state index contributed by atoms with van der Waals surface area (Å²) in [5.41, 5.74) is -0.630. The quantitative estimate of drug-likeness (QED) is 0.678. The normalized spacial score (nSPS) is 11.1. The summed E-state index contributed by atoms with van der Waals surface area (Å²) in [6, 6.07) is 2.97. The van der Waals surface area contributed by atoms with Crippen LogP contribution in [0.5, 0.6) is 5.75 Å². The van der Waals surface area contributed by atoms with E-state index in [2.05, 4.69) is 5.10 Å². The lowest BCUT2D eigenvalue weighted by atomic mass is 10.1. The van der Waals surface area contributed by atoms with Crippen LogP contribution in [0.4, 0.5) is 0 Å². The Morgan fingerprint density at radius 2 is 2.30 bits per heavy atom. The molecule has 0 aromatic carbocycles. The van der Waals surface area contributed by atoms with Crippen molar-refractivity contribution >= 4 is 11.9 Å². The number of aryl methyl sites for hydroxylation is 2. The number of nitrogens with zero attached hydrogens (tertiary/aromatic N) is 2. The Labute approximate surface area is 115 Å². The van der Waals surface area contributed by atoms with Crippen molar-refractivity contribution < 1.29 is 14.3 Å². The standard InChI is InChI=1S/C14H14N2O4/c1-3-16-7-6-10(15-16)4-5-11(17)13-12(18)8-9(2)20-14(13)19/h4-8,18H,3H2,1-2H3. The van der Waals surface area contributed by atoms with Crippen LogP contribution in [0.15, 0.2) is 33.6 Å². The fourth-order valence-corrected chi connectivity index (χ4v) is 1.71. The molecule has 0 radical (unpaired) electrons.